The molecular weight excluding hydrogens is 531 g/mol. The van der Waals surface area contributed by atoms with Gasteiger partial charge in [0.15, 0.2) is 5.84 Å². The van der Waals surface area contributed by atoms with E-state index >= 15 is 0 Å². The van der Waals surface area contributed by atoms with Crippen LogP contribution in [-0.4, -0.2) is 41.0 Å². The normalized spacial score (nSPS) is 14.4. The zero-order chi connectivity index (χ0) is 27.5. The summed E-state index contributed by atoms with van der Waals surface area (Å²) in [4.78, 5) is 26.4. The van der Waals surface area contributed by atoms with E-state index in [0.717, 1.165) is 16.8 Å². The molecule has 0 aliphatic carbocycles. The van der Waals surface area contributed by atoms with Gasteiger partial charge in [-0.15, -0.1) is 10.2 Å². The molecule has 0 saturated carbocycles. The molecule has 1 aliphatic heterocycles. The van der Waals surface area contributed by atoms with Gasteiger partial charge in [0.2, 0.25) is 0 Å². The van der Waals surface area contributed by atoms with Gasteiger partial charge in [0.05, 0.1) is 11.4 Å². The second kappa shape index (κ2) is 11.2. The van der Waals surface area contributed by atoms with E-state index in [1.807, 2.05) is 74.5 Å². The molecule has 0 fully saturated rings. The van der Waals surface area contributed by atoms with Crippen LogP contribution >= 0.6 is 23.2 Å². The maximum Gasteiger partial charge on any atom is 0.285 e. The minimum atomic E-state index is -0.366. The number of amidine groups is 1. The SMILES string of the molecule is Cc1nnc(N2C(=O)C(=Cc3ccc(Cl)cc3)N=C2c2ccc(Cl)cc2)nc1C=Cc1ccc(N(C)C)cc1. The van der Waals surface area contributed by atoms with Crippen LogP contribution in [0.1, 0.15) is 28.1 Å². The van der Waals surface area contributed by atoms with Crippen LogP contribution in [0.2, 0.25) is 10.0 Å². The fourth-order valence-corrected chi connectivity index (χ4v) is 4.16. The molecule has 2 heterocycles. The van der Waals surface area contributed by atoms with Crippen molar-refractivity contribution in [1.29, 1.82) is 0 Å². The maximum atomic E-state index is 13.7. The standard InChI is InChI=1S/C30H24Cl2N6O/c1-19-26(17-8-20-6-15-25(16-7-20)37(2)3)34-30(36-35-19)38-28(22-9-13-24(32)14-10-22)33-27(29(38)39)18-21-4-11-23(31)12-5-21/h4-18H,1-3H3. The van der Waals surface area contributed by atoms with Crippen molar-refractivity contribution >= 4 is 64.8 Å². The molecule has 0 radical (unpaired) electrons. The Morgan fingerprint density at radius 3 is 2.05 bits per heavy atom. The summed E-state index contributed by atoms with van der Waals surface area (Å²) in [5.41, 5.74) is 5.06. The van der Waals surface area contributed by atoms with Crippen molar-refractivity contribution in [2.75, 3.05) is 23.9 Å². The van der Waals surface area contributed by atoms with Crippen LogP contribution in [0.5, 0.6) is 0 Å². The summed E-state index contributed by atoms with van der Waals surface area (Å²) in [6, 6.07) is 22.4. The Kier molecular flexibility index (Phi) is 7.54. The third-order valence-electron chi connectivity index (χ3n) is 6.06. The third kappa shape index (κ3) is 5.90. The molecule has 0 bridgehead atoms. The van der Waals surface area contributed by atoms with Crippen LogP contribution in [-0.2, 0) is 4.79 Å². The fourth-order valence-electron chi connectivity index (χ4n) is 3.90. The number of halogens is 2. The Labute approximate surface area is 236 Å². The van der Waals surface area contributed by atoms with Crippen molar-refractivity contribution in [1.82, 2.24) is 15.2 Å². The topological polar surface area (TPSA) is 74.6 Å². The van der Waals surface area contributed by atoms with Gasteiger partial charge in [-0.1, -0.05) is 53.5 Å². The molecule has 1 aromatic heterocycles. The summed E-state index contributed by atoms with van der Waals surface area (Å²) in [5.74, 6) is 0.146. The Bertz CT molecular complexity index is 1610. The van der Waals surface area contributed by atoms with Crippen molar-refractivity contribution < 1.29 is 4.79 Å². The monoisotopic (exact) mass is 554 g/mol. The number of nitrogens with zero attached hydrogens (tertiary/aromatic N) is 6. The summed E-state index contributed by atoms with van der Waals surface area (Å²) in [5, 5.41) is 9.73. The lowest BCUT2D eigenvalue weighted by Gasteiger charge is -2.16. The first-order valence-electron chi connectivity index (χ1n) is 12.1. The van der Waals surface area contributed by atoms with Crippen LogP contribution in [0.15, 0.2) is 83.5 Å². The molecule has 9 heteroatoms. The Balaban J connectivity index is 1.52. The summed E-state index contributed by atoms with van der Waals surface area (Å²) in [6.07, 6.45) is 5.52. The molecule has 39 heavy (non-hydrogen) atoms. The highest BCUT2D eigenvalue weighted by Gasteiger charge is 2.35. The second-order valence-corrected chi connectivity index (χ2v) is 9.94. The molecule has 3 aromatic carbocycles. The number of aliphatic imine (C=N–C) groups is 1. The smallest absolute Gasteiger partial charge is 0.285 e. The summed E-state index contributed by atoms with van der Waals surface area (Å²) < 4.78 is 0. The number of benzene rings is 3. The summed E-state index contributed by atoms with van der Waals surface area (Å²) in [7, 11) is 4.00. The van der Waals surface area contributed by atoms with Gasteiger partial charge in [0.1, 0.15) is 5.70 Å². The largest absolute Gasteiger partial charge is 0.378 e. The summed E-state index contributed by atoms with van der Waals surface area (Å²) in [6.45, 7) is 1.82. The van der Waals surface area contributed by atoms with Crippen LogP contribution in [0.25, 0.3) is 18.2 Å². The van der Waals surface area contributed by atoms with E-state index in [1.54, 1.807) is 42.5 Å². The predicted octanol–water partition coefficient (Wildman–Crippen LogP) is 6.56. The van der Waals surface area contributed by atoms with Crippen LogP contribution < -0.4 is 9.80 Å². The van der Waals surface area contributed by atoms with Crippen molar-refractivity contribution in [2.24, 2.45) is 4.99 Å². The number of aryl methyl sites for hydroxylation is 1. The van der Waals surface area contributed by atoms with E-state index in [1.165, 1.54) is 4.90 Å². The Morgan fingerprint density at radius 1 is 0.795 bits per heavy atom. The highest BCUT2D eigenvalue weighted by molar-refractivity contribution is 6.33. The zero-order valence-electron chi connectivity index (χ0n) is 21.5. The van der Waals surface area contributed by atoms with Gasteiger partial charge >= 0.3 is 0 Å². The zero-order valence-corrected chi connectivity index (χ0v) is 23.0. The second-order valence-electron chi connectivity index (χ2n) is 9.07. The minimum Gasteiger partial charge on any atom is -0.378 e. The van der Waals surface area contributed by atoms with Gasteiger partial charge < -0.3 is 4.90 Å². The van der Waals surface area contributed by atoms with E-state index in [0.29, 0.717) is 32.8 Å². The first kappa shape index (κ1) is 26.3. The summed E-state index contributed by atoms with van der Waals surface area (Å²) >= 11 is 12.1. The molecule has 0 atom stereocenters. The number of aromatic nitrogens is 3. The van der Waals surface area contributed by atoms with Gasteiger partial charge in [-0.2, -0.15) is 0 Å². The average molecular weight is 555 g/mol. The van der Waals surface area contributed by atoms with Gasteiger partial charge in [-0.3, -0.25) is 4.79 Å². The lowest BCUT2D eigenvalue weighted by molar-refractivity contribution is -0.113. The number of anilines is 2. The minimum absolute atomic E-state index is 0.126. The fraction of sp³-hybridized carbons (Fsp3) is 0.100. The molecule has 0 N–H and O–H groups in total. The van der Waals surface area contributed by atoms with Gasteiger partial charge in [0.25, 0.3) is 11.9 Å². The lowest BCUT2D eigenvalue weighted by atomic mass is 10.1. The number of rotatable bonds is 6. The number of carbonyl (C=O) groups is 1. The molecular formula is C30H24Cl2N6O. The van der Waals surface area contributed by atoms with E-state index in [-0.39, 0.29) is 17.6 Å². The number of hydrogen-bond donors (Lipinski definition) is 0. The molecule has 4 aromatic rings. The van der Waals surface area contributed by atoms with E-state index in [2.05, 4.69) is 15.2 Å². The first-order valence-corrected chi connectivity index (χ1v) is 12.9. The number of carbonyl (C=O) groups excluding carboxylic acids is 1. The van der Waals surface area contributed by atoms with Gasteiger partial charge in [-0.05, 0) is 78.7 Å². The highest BCUT2D eigenvalue weighted by atomic mass is 35.5. The molecule has 5 rings (SSSR count). The molecule has 194 valence electrons. The molecule has 0 spiro atoms. The van der Waals surface area contributed by atoms with Gasteiger partial charge in [0, 0.05) is 35.4 Å². The van der Waals surface area contributed by atoms with E-state index < -0.39 is 0 Å². The van der Waals surface area contributed by atoms with Gasteiger partial charge in [-0.25, -0.2) is 14.9 Å². The number of hydrogen-bond acceptors (Lipinski definition) is 6. The highest BCUT2D eigenvalue weighted by Crippen LogP contribution is 2.27. The van der Waals surface area contributed by atoms with E-state index in [4.69, 9.17) is 28.2 Å². The molecule has 1 amide bonds. The predicted molar refractivity (Wildman–Crippen MR) is 159 cm³/mol. The van der Waals surface area contributed by atoms with Crippen molar-refractivity contribution in [3.05, 3.63) is 117 Å². The van der Waals surface area contributed by atoms with Crippen LogP contribution in [0.3, 0.4) is 0 Å². The maximum absolute atomic E-state index is 13.7. The molecule has 0 unspecified atom stereocenters. The molecule has 0 saturated heterocycles. The molecule has 1 aliphatic rings. The Morgan fingerprint density at radius 2 is 1.41 bits per heavy atom. The van der Waals surface area contributed by atoms with Crippen LogP contribution in [0.4, 0.5) is 11.6 Å². The lowest BCUT2D eigenvalue weighted by Crippen LogP contribution is -2.34. The van der Waals surface area contributed by atoms with Crippen molar-refractivity contribution in [2.45, 2.75) is 6.92 Å². The Hall–Kier alpha value is -4.33. The molecule has 7 nitrogen and oxygen atoms in total. The van der Waals surface area contributed by atoms with Crippen molar-refractivity contribution in [3.63, 3.8) is 0 Å². The first-order chi connectivity index (χ1) is 18.8. The quantitative estimate of drug-likeness (QED) is 0.252. The third-order valence-corrected chi connectivity index (χ3v) is 6.56. The van der Waals surface area contributed by atoms with Crippen LogP contribution in [0, 0.1) is 6.92 Å². The van der Waals surface area contributed by atoms with E-state index in [9.17, 15) is 4.79 Å². The van der Waals surface area contributed by atoms with Crippen molar-refractivity contribution in [3.8, 4) is 0 Å². The number of amides is 1. The average Bonchev–Trinajstić information content (AvgIpc) is 3.25.